The standard InChI is InChI=1S/C15H16N2O2/c1-3-9-17(4-2)14-12-8-6-5-7-11(12)13(10-16-14)15(18)19/h3,5-8,10H,1,4,9H2,2H3,(H,18,19). The summed E-state index contributed by atoms with van der Waals surface area (Å²) < 4.78 is 0. The van der Waals surface area contributed by atoms with Crippen LogP contribution in [0.2, 0.25) is 0 Å². The monoisotopic (exact) mass is 256 g/mol. The van der Waals surface area contributed by atoms with E-state index in [9.17, 15) is 9.90 Å². The molecule has 0 bridgehead atoms. The summed E-state index contributed by atoms with van der Waals surface area (Å²) in [6, 6.07) is 7.44. The number of fused-ring (bicyclic) bond motifs is 1. The molecule has 0 saturated heterocycles. The van der Waals surface area contributed by atoms with Gasteiger partial charge in [0.15, 0.2) is 0 Å². The highest BCUT2D eigenvalue weighted by molar-refractivity contribution is 6.06. The molecule has 0 spiro atoms. The van der Waals surface area contributed by atoms with E-state index in [1.165, 1.54) is 6.20 Å². The van der Waals surface area contributed by atoms with Gasteiger partial charge < -0.3 is 10.0 Å². The molecule has 0 aliphatic heterocycles. The van der Waals surface area contributed by atoms with Gasteiger partial charge in [0.25, 0.3) is 0 Å². The van der Waals surface area contributed by atoms with Gasteiger partial charge in [0.05, 0.1) is 5.56 Å². The van der Waals surface area contributed by atoms with Crippen LogP contribution in [0.5, 0.6) is 0 Å². The predicted octanol–water partition coefficient (Wildman–Crippen LogP) is 2.95. The van der Waals surface area contributed by atoms with E-state index in [-0.39, 0.29) is 5.56 Å². The van der Waals surface area contributed by atoms with Crippen molar-refractivity contribution < 1.29 is 9.90 Å². The number of pyridine rings is 1. The Morgan fingerprint density at radius 1 is 1.42 bits per heavy atom. The van der Waals surface area contributed by atoms with Crippen LogP contribution >= 0.6 is 0 Å². The summed E-state index contributed by atoms with van der Waals surface area (Å²) in [5.74, 6) is -0.162. The molecule has 1 heterocycles. The van der Waals surface area contributed by atoms with Crippen molar-refractivity contribution in [2.45, 2.75) is 6.92 Å². The van der Waals surface area contributed by atoms with Crippen molar-refractivity contribution >= 4 is 22.6 Å². The van der Waals surface area contributed by atoms with E-state index in [2.05, 4.69) is 16.5 Å². The number of anilines is 1. The largest absolute Gasteiger partial charge is 0.478 e. The second-order valence-corrected chi connectivity index (χ2v) is 4.17. The van der Waals surface area contributed by atoms with Crippen LogP contribution in [0.1, 0.15) is 17.3 Å². The van der Waals surface area contributed by atoms with Crippen LogP contribution in [-0.2, 0) is 0 Å². The minimum Gasteiger partial charge on any atom is -0.478 e. The lowest BCUT2D eigenvalue weighted by Crippen LogP contribution is -2.24. The summed E-state index contributed by atoms with van der Waals surface area (Å²) in [5.41, 5.74) is 0.231. The van der Waals surface area contributed by atoms with E-state index in [4.69, 9.17) is 0 Å². The van der Waals surface area contributed by atoms with Crippen LogP contribution in [0.15, 0.2) is 43.1 Å². The Labute approximate surface area is 112 Å². The molecule has 4 nitrogen and oxygen atoms in total. The van der Waals surface area contributed by atoms with Crippen LogP contribution in [0.4, 0.5) is 5.82 Å². The Bertz CT molecular complexity index is 623. The fourth-order valence-corrected chi connectivity index (χ4v) is 2.12. The van der Waals surface area contributed by atoms with E-state index >= 15 is 0 Å². The van der Waals surface area contributed by atoms with Gasteiger partial charge in [-0.05, 0) is 6.92 Å². The minimum atomic E-state index is -0.956. The summed E-state index contributed by atoms with van der Waals surface area (Å²) in [5, 5.41) is 10.8. The fraction of sp³-hybridized carbons (Fsp3) is 0.200. The van der Waals surface area contributed by atoms with Crippen molar-refractivity contribution in [3.63, 3.8) is 0 Å². The van der Waals surface area contributed by atoms with E-state index in [0.29, 0.717) is 11.9 Å². The van der Waals surface area contributed by atoms with Gasteiger partial charge in [-0.1, -0.05) is 30.3 Å². The third kappa shape index (κ3) is 2.42. The van der Waals surface area contributed by atoms with E-state index in [1.807, 2.05) is 37.3 Å². The summed E-state index contributed by atoms with van der Waals surface area (Å²) in [6.45, 7) is 7.24. The van der Waals surface area contributed by atoms with Crippen LogP contribution < -0.4 is 4.90 Å². The zero-order valence-electron chi connectivity index (χ0n) is 10.8. The zero-order chi connectivity index (χ0) is 13.8. The van der Waals surface area contributed by atoms with Crippen LogP contribution in [0.25, 0.3) is 10.8 Å². The van der Waals surface area contributed by atoms with Gasteiger partial charge in [0.1, 0.15) is 5.82 Å². The second kappa shape index (κ2) is 5.52. The molecule has 2 rings (SSSR count). The molecule has 0 saturated carbocycles. The molecule has 0 radical (unpaired) electrons. The number of carboxylic acids is 1. The van der Waals surface area contributed by atoms with Crippen LogP contribution in [0, 0.1) is 0 Å². The molecular formula is C15H16N2O2. The first-order chi connectivity index (χ1) is 9.19. The van der Waals surface area contributed by atoms with Gasteiger partial charge in [0.2, 0.25) is 0 Å². The average molecular weight is 256 g/mol. The number of likely N-dealkylation sites (N-methyl/N-ethyl adjacent to an activating group) is 1. The van der Waals surface area contributed by atoms with Crippen molar-refractivity contribution in [1.82, 2.24) is 4.98 Å². The highest BCUT2D eigenvalue weighted by atomic mass is 16.4. The van der Waals surface area contributed by atoms with Crippen molar-refractivity contribution in [3.05, 3.63) is 48.7 Å². The third-order valence-corrected chi connectivity index (χ3v) is 3.04. The Morgan fingerprint density at radius 2 is 2.11 bits per heavy atom. The van der Waals surface area contributed by atoms with Crippen molar-refractivity contribution in [2.75, 3.05) is 18.0 Å². The van der Waals surface area contributed by atoms with Gasteiger partial charge in [-0.2, -0.15) is 0 Å². The maximum Gasteiger partial charge on any atom is 0.337 e. The molecule has 0 aliphatic rings. The molecule has 1 aromatic carbocycles. The summed E-state index contributed by atoms with van der Waals surface area (Å²) >= 11 is 0. The molecule has 0 aliphatic carbocycles. The van der Waals surface area contributed by atoms with E-state index in [0.717, 1.165) is 17.7 Å². The first-order valence-corrected chi connectivity index (χ1v) is 6.16. The molecule has 1 N–H and O–H groups in total. The lowest BCUT2D eigenvalue weighted by molar-refractivity contribution is 0.0698. The Hall–Kier alpha value is -2.36. The lowest BCUT2D eigenvalue weighted by Gasteiger charge is -2.22. The molecule has 0 atom stereocenters. The zero-order valence-corrected chi connectivity index (χ0v) is 10.8. The minimum absolute atomic E-state index is 0.231. The molecule has 2 aromatic rings. The van der Waals surface area contributed by atoms with E-state index < -0.39 is 5.97 Å². The van der Waals surface area contributed by atoms with Crippen molar-refractivity contribution in [1.29, 1.82) is 0 Å². The Kier molecular flexibility index (Phi) is 3.80. The molecule has 98 valence electrons. The topological polar surface area (TPSA) is 53.4 Å². The van der Waals surface area contributed by atoms with Gasteiger partial charge >= 0.3 is 5.97 Å². The van der Waals surface area contributed by atoms with Gasteiger partial charge in [-0.25, -0.2) is 9.78 Å². The summed E-state index contributed by atoms with van der Waals surface area (Å²) in [7, 11) is 0. The summed E-state index contributed by atoms with van der Waals surface area (Å²) in [4.78, 5) is 17.6. The average Bonchev–Trinajstić information content (AvgIpc) is 2.43. The number of hydrogen-bond acceptors (Lipinski definition) is 3. The molecule has 19 heavy (non-hydrogen) atoms. The highest BCUT2D eigenvalue weighted by Gasteiger charge is 2.14. The van der Waals surface area contributed by atoms with Gasteiger partial charge in [0, 0.05) is 30.1 Å². The van der Waals surface area contributed by atoms with Crippen molar-refractivity contribution in [3.8, 4) is 0 Å². The Morgan fingerprint density at radius 3 is 2.68 bits per heavy atom. The molecule has 1 aromatic heterocycles. The maximum atomic E-state index is 11.2. The molecule has 0 fully saturated rings. The smallest absolute Gasteiger partial charge is 0.337 e. The molecule has 0 amide bonds. The highest BCUT2D eigenvalue weighted by Crippen LogP contribution is 2.27. The first kappa shape index (κ1) is 13.1. The molecule has 0 unspecified atom stereocenters. The number of nitrogens with zero attached hydrogens (tertiary/aromatic N) is 2. The van der Waals surface area contributed by atoms with Gasteiger partial charge in [-0.15, -0.1) is 6.58 Å². The first-order valence-electron chi connectivity index (χ1n) is 6.16. The molecule has 4 heteroatoms. The van der Waals surface area contributed by atoms with Crippen LogP contribution in [-0.4, -0.2) is 29.1 Å². The Balaban J connectivity index is 2.67. The number of hydrogen-bond donors (Lipinski definition) is 1. The van der Waals surface area contributed by atoms with Gasteiger partial charge in [-0.3, -0.25) is 0 Å². The SMILES string of the molecule is C=CCN(CC)c1ncc(C(=O)O)c2ccccc12. The van der Waals surface area contributed by atoms with E-state index in [1.54, 1.807) is 0 Å². The quantitative estimate of drug-likeness (QED) is 0.836. The number of aromatic nitrogens is 1. The number of rotatable bonds is 5. The van der Waals surface area contributed by atoms with Crippen molar-refractivity contribution in [2.24, 2.45) is 0 Å². The van der Waals surface area contributed by atoms with Crippen LogP contribution in [0.3, 0.4) is 0 Å². The third-order valence-electron chi connectivity index (χ3n) is 3.04. The summed E-state index contributed by atoms with van der Waals surface area (Å²) in [6.07, 6.45) is 3.23. The number of aromatic carboxylic acids is 1. The molecular weight excluding hydrogens is 240 g/mol. The lowest BCUT2D eigenvalue weighted by atomic mass is 10.1. The number of carbonyl (C=O) groups is 1. The number of benzene rings is 1. The second-order valence-electron chi connectivity index (χ2n) is 4.17. The predicted molar refractivity (Wildman–Crippen MR) is 76.8 cm³/mol. The fourth-order valence-electron chi connectivity index (χ4n) is 2.12. The maximum absolute atomic E-state index is 11.2. The number of carboxylic acid groups (broad SMARTS) is 1. The normalized spacial score (nSPS) is 10.4.